The Labute approximate surface area is 163 Å². The summed E-state index contributed by atoms with van der Waals surface area (Å²) in [5.74, 6) is 1.89. The lowest BCUT2D eigenvalue weighted by Crippen LogP contribution is -2.62. The Hall–Kier alpha value is -2.64. The smallest absolute Gasteiger partial charge is 0.321 e. The van der Waals surface area contributed by atoms with Crippen LogP contribution in [0.3, 0.4) is 0 Å². The van der Waals surface area contributed by atoms with Crippen LogP contribution < -0.4 is 15.4 Å². The molecule has 0 radical (unpaired) electrons. The minimum atomic E-state index is -0.899. The van der Waals surface area contributed by atoms with Crippen LogP contribution in [0.5, 0.6) is 5.75 Å². The summed E-state index contributed by atoms with van der Waals surface area (Å²) in [6.07, 6.45) is 5.97. The topological polar surface area (TPSA) is 111 Å². The molecule has 150 valence electrons. The molecule has 3 amide bonds. The van der Waals surface area contributed by atoms with E-state index in [0.717, 1.165) is 19.3 Å². The predicted molar refractivity (Wildman–Crippen MR) is 101 cm³/mol. The molecule has 1 unspecified atom stereocenters. The number of hydrogen-bond donors (Lipinski definition) is 2. The van der Waals surface area contributed by atoms with Gasteiger partial charge >= 0.3 is 6.03 Å². The molecule has 4 bridgehead atoms. The van der Waals surface area contributed by atoms with Gasteiger partial charge in [-0.05, 0) is 75.3 Å². The molecule has 4 fully saturated rings. The van der Waals surface area contributed by atoms with Crippen LogP contribution in [0.1, 0.15) is 45.4 Å². The average Bonchev–Trinajstić information content (AvgIpc) is 2.60. The summed E-state index contributed by atoms with van der Waals surface area (Å²) in [6.45, 7) is 1.54. The van der Waals surface area contributed by atoms with Crippen molar-refractivity contribution < 1.29 is 19.2 Å². The van der Waals surface area contributed by atoms with Crippen LogP contribution in [0.15, 0.2) is 24.3 Å². The summed E-state index contributed by atoms with van der Waals surface area (Å²) in [5.41, 5.74) is -0.221. The maximum absolute atomic E-state index is 12.4. The van der Waals surface area contributed by atoms with Gasteiger partial charge in [-0.3, -0.25) is 20.2 Å². The van der Waals surface area contributed by atoms with Gasteiger partial charge < -0.3 is 10.1 Å². The molecule has 8 heteroatoms. The van der Waals surface area contributed by atoms with Gasteiger partial charge in [0.1, 0.15) is 5.75 Å². The van der Waals surface area contributed by atoms with Crippen molar-refractivity contribution in [1.82, 2.24) is 10.6 Å². The highest BCUT2D eigenvalue weighted by Gasteiger charge is 2.51. The first-order valence-corrected chi connectivity index (χ1v) is 9.86. The van der Waals surface area contributed by atoms with Crippen LogP contribution >= 0.6 is 0 Å². The number of hydrogen-bond acceptors (Lipinski definition) is 5. The first-order chi connectivity index (χ1) is 13.3. The molecular weight excluding hydrogens is 362 g/mol. The van der Waals surface area contributed by atoms with E-state index in [1.54, 1.807) is 0 Å². The number of urea groups is 1. The zero-order valence-corrected chi connectivity index (χ0v) is 15.8. The zero-order valence-electron chi connectivity index (χ0n) is 15.8. The molecule has 4 aliphatic rings. The summed E-state index contributed by atoms with van der Waals surface area (Å²) in [4.78, 5) is 34.9. The van der Waals surface area contributed by atoms with Crippen molar-refractivity contribution in [3.63, 3.8) is 0 Å². The van der Waals surface area contributed by atoms with Crippen molar-refractivity contribution in [3.05, 3.63) is 34.4 Å². The van der Waals surface area contributed by atoms with E-state index >= 15 is 0 Å². The van der Waals surface area contributed by atoms with E-state index in [9.17, 15) is 19.7 Å². The third-order valence-corrected chi connectivity index (χ3v) is 6.38. The molecule has 4 aliphatic carbocycles. The molecule has 0 saturated heterocycles. The minimum absolute atomic E-state index is 0.0561. The van der Waals surface area contributed by atoms with Crippen LogP contribution in [-0.4, -0.2) is 28.5 Å². The van der Waals surface area contributed by atoms with Gasteiger partial charge in [0.15, 0.2) is 6.10 Å². The van der Waals surface area contributed by atoms with Crippen molar-refractivity contribution in [3.8, 4) is 5.75 Å². The summed E-state index contributed by atoms with van der Waals surface area (Å²) < 4.78 is 5.49. The number of imide groups is 1. The number of nitro benzene ring substituents is 1. The second-order valence-corrected chi connectivity index (χ2v) is 8.65. The first-order valence-electron chi connectivity index (χ1n) is 9.86. The molecule has 5 rings (SSSR count). The van der Waals surface area contributed by atoms with E-state index in [0.29, 0.717) is 23.5 Å². The maximum atomic E-state index is 12.4. The predicted octanol–water partition coefficient (Wildman–Crippen LogP) is 3.16. The van der Waals surface area contributed by atoms with Gasteiger partial charge in [0.2, 0.25) is 0 Å². The molecule has 4 saturated carbocycles. The van der Waals surface area contributed by atoms with Gasteiger partial charge in [-0.2, -0.15) is 0 Å². The number of ether oxygens (including phenoxy) is 1. The number of rotatable bonds is 5. The molecule has 0 spiro atoms. The normalized spacial score (nSPS) is 31.1. The zero-order chi connectivity index (χ0) is 19.9. The van der Waals surface area contributed by atoms with Crippen LogP contribution in [0.2, 0.25) is 0 Å². The highest BCUT2D eigenvalue weighted by atomic mass is 16.6. The third-order valence-electron chi connectivity index (χ3n) is 6.38. The summed E-state index contributed by atoms with van der Waals surface area (Å²) in [5, 5.41) is 16.2. The number of nitro groups is 1. The molecular formula is C20H25N3O5. The highest BCUT2D eigenvalue weighted by Crippen LogP contribution is 2.55. The number of benzene rings is 1. The second-order valence-electron chi connectivity index (χ2n) is 8.65. The van der Waals surface area contributed by atoms with E-state index in [1.165, 1.54) is 50.5 Å². The van der Waals surface area contributed by atoms with Crippen molar-refractivity contribution in [1.29, 1.82) is 0 Å². The number of nitrogens with zero attached hydrogens (tertiary/aromatic N) is 1. The molecule has 28 heavy (non-hydrogen) atoms. The Morgan fingerprint density at radius 3 is 2.14 bits per heavy atom. The molecule has 0 heterocycles. The fraction of sp³-hybridized carbons (Fsp3) is 0.600. The van der Waals surface area contributed by atoms with Crippen LogP contribution in [0, 0.1) is 27.9 Å². The standard InChI is InChI=1S/C20H25N3O5/c1-12(28-17-4-2-16(3-5-17)23(26)27)18(24)21-19(25)22-20-9-13-6-14(10-20)8-15(7-13)11-20/h2-5,12-15H,6-11H2,1H3,(H2,21,22,24,25). The fourth-order valence-corrected chi connectivity index (χ4v) is 5.65. The molecule has 1 aromatic rings. The van der Waals surface area contributed by atoms with Crippen molar-refractivity contribution in [2.45, 2.75) is 57.1 Å². The Morgan fingerprint density at radius 2 is 1.64 bits per heavy atom. The molecule has 2 N–H and O–H groups in total. The third kappa shape index (κ3) is 3.81. The Balaban J connectivity index is 1.30. The molecule has 1 atom stereocenters. The van der Waals surface area contributed by atoms with Gasteiger partial charge in [-0.25, -0.2) is 4.79 Å². The van der Waals surface area contributed by atoms with E-state index in [2.05, 4.69) is 10.6 Å². The van der Waals surface area contributed by atoms with Gasteiger partial charge in [0.25, 0.3) is 11.6 Å². The van der Waals surface area contributed by atoms with Gasteiger partial charge in [0.05, 0.1) is 4.92 Å². The Kier molecular flexibility index (Phi) is 4.72. The molecule has 8 nitrogen and oxygen atoms in total. The van der Waals surface area contributed by atoms with Crippen molar-refractivity contribution in [2.24, 2.45) is 17.8 Å². The lowest BCUT2D eigenvalue weighted by atomic mass is 9.53. The number of nitrogens with one attached hydrogen (secondary N) is 2. The van der Waals surface area contributed by atoms with Gasteiger partial charge in [-0.15, -0.1) is 0 Å². The number of carbonyl (C=O) groups excluding carboxylic acids is 2. The summed E-state index contributed by atoms with van der Waals surface area (Å²) >= 11 is 0. The van der Waals surface area contributed by atoms with Crippen LogP contribution in [0.25, 0.3) is 0 Å². The van der Waals surface area contributed by atoms with E-state index in [4.69, 9.17) is 4.74 Å². The fourth-order valence-electron chi connectivity index (χ4n) is 5.65. The number of carbonyl (C=O) groups is 2. The number of amides is 3. The average molecular weight is 387 g/mol. The Morgan fingerprint density at radius 1 is 1.11 bits per heavy atom. The largest absolute Gasteiger partial charge is 0.481 e. The SMILES string of the molecule is CC(Oc1ccc([N+](=O)[O-])cc1)C(=O)NC(=O)NC12CC3CC(CC(C3)C1)C2. The quantitative estimate of drug-likeness (QED) is 0.596. The number of non-ortho nitro benzene ring substituents is 1. The van der Waals surface area contributed by atoms with Crippen molar-refractivity contribution >= 4 is 17.6 Å². The summed E-state index contributed by atoms with van der Waals surface area (Å²) in [7, 11) is 0. The second kappa shape index (κ2) is 7.07. The summed E-state index contributed by atoms with van der Waals surface area (Å²) in [6, 6.07) is 5.00. The molecule has 1 aromatic carbocycles. The molecule has 0 aromatic heterocycles. The van der Waals surface area contributed by atoms with Gasteiger partial charge in [0, 0.05) is 17.7 Å². The maximum Gasteiger partial charge on any atom is 0.321 e. The van der Waals surface area contributed by atoms with Crippen molar-refractivity contribution in [2.75, 3.05) is 0 Å². The van der Waals surface area contributed by atoms with E-state index in [-0.39, 0.29) is 11.2 Å². The molecule has 0 aliphatic heterocycles. The van der Waals surface area contributed by atoms with E-state index < -0.39 is 23.0 Å². The lowest BCUT2D eigenvalue weighted by molar-refractivity contribution is -0.384. The minimum Gasteiger partial charge on any atom is -0.481 e. The van der Waals surface area contributed by atoms with Gasteiger partial charge in [-0.1, -0.05) is 0 Å². The van der Waals surface area contributed by atoms with E-state index in [1.807, 2.05) is 0 Å². The lowest BCUT2D eigenvalue weighted by Gasteiger charge is -2.56. The Bertz CT molecular complexity index is 756. The highest BCUT2D eigenvalue weighted by molar-refractivity contribution is 5.96. The monoisotopic (exact) mass is 387 g/mol. The van der Waals surface area contributed by atoms with Crippen LogP contribution in [0.4, 0.5) is 10.5 Å². The first kappa shape index (κ1) is 18.7. The van der Waals surface area contributed by atoms with Crippen LogP contribution in [-0.2, 0) is 4.79 Å².